The van der Waals surface area contributed by atoms with Gasteiger partial charge in [-0.05, 0) is 11.6 Å². The van der Waals surface area contributed by atoms with Crippen LogP contribution in [0.2, 0.25) is 5.28 Å². The molecule has 0 atom stereocenters. The Morgan fingerprint density at radius 1 is 1.11 bits per heavy atom. The van der Waals surface area contributed by atoms with Crippen molar-refractivity contribution in [2.45, 2.75) is 0 Å². The van der Waals surface area contributed by atoms with Gasteiger partial charge in [0.15, 0.2) is 0 Å². The molecule has 1 fully saturated rings. The predicted octanol–water partition coefficient (Wildman–Crippen LogP) is 0.547. The maximum Gasteiger partial charge on any atom is 0.241 e. The summed E-state index contributed by atoms with van der Waals surface area (Å²) in [5, 5.41) is 0.176. The lowest BCUT2D eigenvalue weighted by Gasteiger charge is -2.26. The van der Waals surface area contributed by atoms with Gasteiger partial charge in [-0.2, -0.15) is 15.0 Å². The van der Waals surface area contributed by atoms with E-state index in [0.29, 0.717) is 25.1 Å². The van der Waals surface area contributed by atoms with Crippen LogP contribution in [0.1, 0.15) is 0 Å². The van der Waals surface area contributed by atoms with E-state index in [1.54, 1.807) is 23.3 Å². The minimum absolute atomic E-state index is 0.176. The fourth-order valence-electron chi connectivity index (χ4n) is 1.73. The second kappa shape index (κ2) is 4.87. The number of aromatic nitrogens is 5. The minimum atomic E-state index is 0.176. The average Bonchev–Trinajstić information content (AvgIpc) is 2.93. The van der Waals surface area contributed by atoms with Gasteiger partial charge in [0.05, 0.1) is 13.2 Å². The van der Waals surface area contributed by atoms with Crippen LogP contribution in [0.25, 0.3) is 5.95 Å². The standard InChI is InChI=1S/C10H11ClN6O/c11-8-13-9(16-3-5-18-6-4-16)15-10(14-8)17-2-1-12-7-17/h1-2,7H,3-6H2. The number of nitrogens with zero attached hydrogens (tertiary/aromatic N) is 6. The van der Waals surface area contributed by atoms with Crippen LogP contribution in [0.4, 0.5) is 5.95 Å². The van der Waals surface area contributed by atoms with Crippen molar-refractivity contribution < 1.29 is 4.74 Å². The molecule has 94 valence electrons. The Bertz CT molecular complexity index is 525. The van der Waals surface area contributed by atoms with Crippen LogP contribution < -0.4 is 4.90 Å². The number of morpholine rings is 1. The van der Waals surface area contributed by atoms with E-state index in [1.165, 1.54) is 0 Å². The minimum Gasteiger partial charge on any atom is -0.378 e. The van der Waals surface area contributed by atoms with E-state index in [2.05, 4.69) is 19.9 Å². The highest BCUT2D eigenvalue weighted by atomic mass is 35.5. The first-order chi connectivity index (χ1) is 8.83. The first-order valence-electron chi connectivity index (χ1n) is 5.55. The van der Waals surface area contributed by atoms with Crippen molar-refractivity contribution in [3.63, 3.8) is 0 Å². The summed E-state index contributed by atoms with van der Waals surface area (Å²) in [4.78, 5) is 18.6. The summed E-state index contributed by atoms with van der Waals surface area (Å²) in [5.41, 5.74) is 0. The fourth-order valence-corrected chi connectivity index (χ4v) is 1.88. The van der Waals surface area contributed by atoms with Gasteiger partial charge in [0.25, 0.3) is 0 Å². The lowest BCUT2D eigenvalue weighted by atomic mass is 10.4. The van der Waals surface area contributed by atoms with Gasteiger partial charge in [-0.15, -0.1) is 0 Å². The fraction of sp³-hybridized carbons (Fsp3) is 0.400. The van der Waals surface area contributed by atoms with Crippen LogP contribution in [0, 0.1) is 0 Å². The van der Waals surface area contributed by atoms with E-state index < -0.39 is 0 Å². The molecule has 0 saturated carbocycles. The summed E-state index contributed by atoms with van der Waals surface area (Å²) in [6.07, 6.45) is 5.04. The van der Waals surface area contributed by atoms with E-state index >= 15 is 0 Å². The Balaban J connectivity index is 1.95. The molecular formula is C10H11ClN6O. The molecule has 0 amide bonds. The lowest BCUT2D eigenvalue weighted by molar-refractivity contribution is 0.122. The molecule has 7 nitrogen and oxygen atoms in total. The zero-order valence-corrected chi connectivity index (χ0v) is 10.3. The molecule has 1 aliphatic heterocycles. The van der Waals surface area contributed by atoms with Crippen LogP contribution in [0.15, 0.2) is 18.7 Å². The van der Waals surface area contributed by atoms with Crippen LogP contribution in [-0.4, -0.2) is 50.8 Å². The van der Waals surface area contributed by atoms with Crippen molar-refractivity contribution in [1.29, 1.82) is 0 Å². The highest BCUT2D eigenvalue weighted by molar-refractivity contribution is 6.28. The molecule has 3 heterocycles. The molecule has 0 aliphatic carbocycles. The molecule has 1 saturated heterocycles. The molecule has 0 aromatic carbocycles. The molecule has 3 rings (SSSR count). The molecule has 2 aromatic heterocycles. The van der Waals surface area contributed by atoms with Crippen LogP contribution >= 0.6 is 11.6 Å². The van der Waals surface area contributed by atoms with E-state index in [0.717, 1.165) is 13.1 Å². The Hall–Kier alpha value is -1.73. The molecule has 0 radical (unpaired) electrons. The predicted molar refractivity (Wildman–Crippen MR) is 65.0 cm³/mol. The number of halogens is 1. The first kappa shape index (κ1) is 11.4. The highest BCUT2D eigenvalue weighted by Gasteiger charge is 2.16. The smallest absolute Gasteiger partial charge is 0.241 e. The SMILES string of the molecule is Clc1nc(N2CCOCC2)nc(-n2ccnc2)n1. The van der Waals surface area contributed by atoms with Crippen molar-refractivity contribution in [3.05, 3.63) is 24.0 Å². The van der Waals surface area contributed by atoms with Gasteiger partial charge < -0.3 is 9.64 Å². The Labute approximate surface area is 108 Å². The molecule has 0 unspecified atom stereocenters. The molecule has 0 N–H and O–H groups in total. The number of ether oxygens (including phenoxy) is 1. The topological polar surface area (TPSA) is 69.0 Å². The van der Waals surface area contributed by atoms with Crippen molar-refractivity contribution in [1.82, 2.24) is 24.5 Å². The first-order valence-corrected chi connectivity index (χ1v) is 5.93. The van der Waals surface area contributed by atoms with E-state index in [1.807, 2.05) is 4.90 Å². The van der Waals surface area contributed by atoms with E-state index in [-0.39, 0.29) is 5.28 Å². The number of hydrogen-bond donors (Lipinski definition) is 0. The largest absolute Gasteiger partial charge is 0.378 e. The van der Waals surface area contributed by atoms with E-state index in [9.17, 15) is 0 Å². The normalized spacial score (nSPS) is 15.9. The van der Waals surface area contributed by atoms with Crippen LogP contribution in [-0.2, 0) is 4.74 Å². The molecule has 0 bridgehead atoms. The van der Waals surface area contributed by atoms with Crippen LogP contribution in [0.3, 0.4) is 0 Å². The lowest BCUT2D eigenvalue weighted by Crippen LogP contribution is -2.37. The Morgan fingerprint density at radius 3 is 2.61 bits per heavy atom. The summed E-state index contributed by atoms with van der Waals surface area (Å²) < 4.78 is 6.98. The van der Waals surface area contributed by atoms with Crippen molar-refractivity contribution in [2.24, 2.45) is 0 Å². The van der Waals surface area contributed by atoms with Gasteiger partial charge >= 0.3 is 0 Å². The summed E-state index contributed by atoms with van der Waals surface area (Å²) >= 11 is 5.93. The maximum atomic E-state index is 5.93. The number of anilines is 1. The van der Waals surface area contributed by atoms with Crippen molar-refractivity contribution >= 4 is 17.5 Å². The van der Waals surface area contributed by atoms with Crippen LogP contribution in [0.5, 0.6) is 0 Å². The molecule has 8 heteroatoms. The molecule has 2 aromatic rings. The monoisotopic (exact) mass is 266 g/mol. The third-order valence-electron chi connectivity index (χ3n) is 2.61. The Morgan fingerprint density at radius 2 is 1.89 bits per heavy atom. The third-order valence-corrected chi connectivity index (χ3v) is 2.78. The van der Waals surface area contributed by atoms with Gasteiger partial charge in [-0.3, -0.25) is 4.57 Å². The highest BCUT2D eigenvalue weighted by Crippen LogP contribution is 2.14. The molecule has 1 aliphatic rings. The average molecular weight is 267 g/mol. The van der Waals surface area contributed by atoms with Gasteiger partial charge in [-0.25, -0.2) is 4.98 Å². The molecular weight excluding hydrogens is 256 g/mol. The van der Waals surface area contributed by atoms with Gasteiger partial charge in [0.1, 0.15) is 6.33 Å². The summed E-state index contributed by atoms with van der Waals surface area (Å²) in [6, 6.07) is 0. The summed E-state index contributed by atoms with van der Waals surface area (Å²) in [5.74, 6) is 1.04. The number of rotatable bonds is 2. The van der Waals surface area contributed by atoms with E-state index in [4.69, 9.17) is 16.3 Å². The third kappa shape index (κ3) is 2.27. The maximum absolute atomic E-state index is 5.93. The van der Waals surface area contributed by atoms with Gasteiger partial charge in [-0.1, -0.05) is 0 Å². The summed E-state index contributed by atoms with van der Waals surface area (Å²) in [7, 11) is 0. The summed E-state index contributed by atoms with van der Waals surface area (Å²) in [6.45, 7) is 2.85. The quantitative estimate of drug-likeness (QED) is 0.791. The number of imidazole rings is 1. The second-order valence-electron chi connectivity index (χ2n) is 3.77. The second-order valence-corrected chi connectivity index (χ2v) is 4.11. The van der Waals surface area contributed by atoms with Gasteiger partial charge in [0.2, 0.25) is 17.2 Å². The van der Waals surface area contributed by atoms with Gasteiger partial charge in [0, 0.05) is 25.5 Å². The number of hydrogen-bond acceptors (Lipinski definition) is 6. The Kier molecular flexibility index (Phi) is 3.07. The van der Waals surface area contributed by atoms with Crippen molar-refractivity contribution in [2.75, 3.05) is 31.2 Å². The zero-order valence-electron chi connectivity index (χ0n) is 9.53. The molecule has 0 spiro atoms. The zero-order chi connectivity index (χ0) is 12.4. The van der Waals surface area contributed by atoms with Crippen molar-refractivity contribution in [3.8, 4) is 5.95 Å². The molecule has 18 heavy (non-hydrogen) atoms.